The van der Waals surface area contributed by atoms with Gasteiger partial charge in [0.15, 0.2) is 0 Å². The molecule has 0 unspecified atom stereocenters. The molecule has 1 heterocycles. The first-order chi connectivity index (χ1) is 13.2. The predicted octanol–water partition coefficient (Wildman–Crippen LogP) is 5.16. The number of nitrogens with zero attached hydrogens (tertiary/aromatic N) is 2. The second-order valence-corrected chi connectivity index (χ2v) is 7.88. The van der Waals surface area contributed by atoms with Crippen LogP contribution in [0.1, 0.15) is 50.0 Å². The van der Waals surface area contributed by atoms with Crippen LogP contribution in [-0.4, -0.2) is 21.9 Å². The van der Waals surface area contributed by atoms with Gasteiger partial charge in [-0.1, -0.05) is 18.6 Å². The van der Waals surface area contributed by atoms with Gasteiger partial charge in [0.2, 0.25) is 5.91 Å². The molecule has 2 aliphatic carbocycles. The van der Waals surface area contributed by atoms with E-state index < -0.39 is 29.7 Å². The molecule has 0 aliphatic heterocycles. The molecule has 150 valence electrons. The van der Waals surface area contributed by atoms with Gasteiger partial charge in [0.1, 0.15) is 11.6 Å². The second kappa shape index (κ2) is 6.60. The summed E-state index contributed by atoms with van der Waals surface area (Å²) >= 11 is 0. The number of anilines is 1. The zero-order valence-electron chi connectivity index (χ0n) is 15.4. The number of amides is 1. The third kappa shape index (κ3) is 3.29. The average molecular weight is 395 g/mol. The van der Waals surface area contributed by atoms with Crippen molar-refractivity contribution in [1.29, 1.82) is 0 Å². The van der Waals surface area contributed by atoms with Crippen LogP contribution in [0.2, 0.25) is 0 Å². The summed E-state index contributed by atoms with van der Waals surface area (Å²) in [5.41, 5.74) is 0.0491. The summed E-state index contributed by atoms with van der Waals surface area (Å²) in [6.07, 6.45) is -2.14. The number of halogens is 4. The maximum atomic E-state index is 13.7. The van der Waals surface area contributed by atoms with Crippen molar-refractivity contribution >= 4 is 11.7 Å². The first-order valence-corrected chi connectivity index (χ1v) is 9.40. The minimum Gasteiger partial charge on any atom is -0.311 e. The molecule has 1 aromatic heterocycles. The van der Waals surface area contributed by atoms with Gasteiger partial charge in [0, 0.05) is 24.6 Å². The Labute approximate surface area is 159 Å². The fraction of sp³-hybridized carbons (Fsp3) is 0.500. The molecule has 0 saturated heterocycles. The van der Waals surface area contributed by atoms with Crippen molar-refractivity contribution in [3.8, 4) is 11.3 Å². The molecule has 4 rings (SSSR count). The van der Waals surface area contributed by atoms with Crippen LogP contribution in [0.4, 0.5) is 23.4 Å². The van der Waals surface area contributed by atoms with Gasteiger partial charge in [0.05, 0.1) is 11.1 Å². The van der Waals surface area contributed by atoms with Crippen molar-refractivity contribution in [2.45, 2.75) is 50.6 Å². The molecule has 1 amide bonds. The van der Waals surface area contributed by atoms with E-state index in [0.717, 1.165) is 24.8 Å². The van der Waals surface area contributed by atoms with Crippen LogP contribution in [0, 0.1) is 11.2 Å². The number of nitrogens with one attached hydrogen (secondary N) is 1. The highest BCUT2D eigenvalue weighted by molar-refractivity contribution is 5.92. The molecule has 0 atom stereocenters. The summed E-state index contributed by atoms with van der Waals surface area (Å²) < 4.78 is 54.7. The average Bonchev–Trinajstić information content (AvgIpc) is 3.28. The zero-order valence-corrected chi connectivity index (χ0v) is 15.4. The van der Waals surface area contributed by atoms with Crippen molar-refractivity contribution in [2.24, 2.45) is 12.5 Å². The largest absolute Gasteiger partial charge is 0.395 e. The van der Waals surface area contributed by atoms with Gasteiger partial charge in [0.25, 0.3) is 0 Å². The summed E-state index contributed by atoms with van der Waals surface area (Å²) in [6, 6.07) is 6.04. The maximum Gasteiger partial charge on any atom is 0.395 e. The predicted molar refractivity (Wildman–Crippen MR) is 96.2 cm³/mol. The molecule has 0 bridgehead atoms. The number of benzene rings is 1. The third-order valence-corrected chi connectivity index (χ3v) is 5.91. The van der Waals surface area contributed by atoms with E-state index in [-0.39, 0.29) is 18.8 Å². The van der Waals surface area contributed by atoms with Crippen LogP contribution >= 0.6 is 0 Å². The Morgan fingerprint density at radius 1 is 1.32 bits per heavy atom. The molecule has 2 saturated carbocycles. The van der Waals surface area contributed by atoms with Crippen molar-refractivity contribution < 1.29 is 22.4 Å². The van der Waals surface area contributed by atoms with Gasteiger partial charge in [-0.25, -0.2) is 4.39 Å². The highest BCUT2D eigenvalue weighted by Crippen LogP contribution is 2.60. The van der Waals surface area contributed by atoms with E-state index in [9.17, 15) is 22.4 Å². The molecule has 2 aliphatic rings. The third-order valence-electron chi connectivity index (χ3n) is 5.91. The highest BCUT2D eigenvalue weighted by Gasteiger charge is 2.63. The fourth-order valence-electron chi connectivity index (χ4n) is 3.82. The molecule has 2 aromatic rings. The Morgan fingerprint density at radius 3 is 2.57 bits per heavy atom. The molecule has 1 N–H and O–H groups in total. The molecule has 0 spiro atoms. The summed E-state index contributed by atoms with van der Waals surface area (Å²) in [7, 11) is 1.64. The van der Waals surface area contributed by atoms with Gasteiger partial charge in [-0.15, -0.1) is 0 Å². The number of carbonyl (C=O) groups is 1. The Hall–Kier alpha value is -2.38. The quantitative estimate of drug-likeness (QED) is 0.711. The smallest absolute Gasteiger partial charge is 0.311 e. The van der Waals surface area contributed by atoms with Crippen molar-refractivity contribution in [3.05, 3.63) is 35.6 Å². The zero-order chi connectivity index (χ0) is 20.1. The number of aryl methyl sites for hydroxylation is 1. The number of carbonyl (C=O) groups excluding carboxylic acids is 1. The Morgan fingerprint density at radius 2 is 2.04 bits per heavy atom. The number of alkyl halides is 3. The lowest BCUT2D eigenvalue weighted by Gasteiger charge is -2.27. The Kier molecular flexibility index (Phi) is 4.47. The van der Waals surface area contributed by atoms with Crippen molar-refractivity contribution in [3.63, 3.8) is 0 Å². The van der Waals surface area contributed by atoms with Crippen LogP contribution in [0.15, 0.2) is 24.3 Å². The first-order valence-electron chi connectivity index (χ1n) is 9.40. The van der Waals surface area contributed by atoms with Crippen molar-refractivity contribution in [1.82, 2.24) is 9.78 Å². The van der Waals surface area contributed by atoms with E-state index in [2.05, 4.69) is 10.4 Å². The fourth-order valence-corrected chi connectivity index (χ4v) is 3.82. The summed E-state index contributed by atoms with van der Waals surface area (Å²) in [5, 5.41) is 7.12. The monoisotopic (exact) mass is 395 g/mol. The molecule has 4 nitrogen and oxygen atoms in total. The molecular weight excluding hydrogens is 374 g/mol. The van der Waals surface area contributed by atoms with Gasteiger partial charge in [-0.05, 0) is 43.7 Å². The van der Waals surface area contributed by atoms with E-state index in [0.29, 0.717) is 17.1 Å². The van der Waals surface area contributed by atoms with Gasteiger partial charge >= 0.3 is 6.18 Å². The number of hydrogen-bond donors (Lipinski definition) is 1. The van der Waals surface area contributed by atoms with Crippen LogP contribution in [-0.2, 0) is 11.8 Å². The van der Waals surface area contributed by atoms with E-state index in [4.69, 9.17) is 0 Å². The lowest BCUT2D eigenvalue weighted by Crippen LogP contribution is -2.30. The van der Waals surface area contributed by atoms with E-state index in [1.165, 1.54) is 16.8 Å². The van der Waals surface area contributed by atoms with Crippen LogP contribution < -0.4 is 5.32 Å². The van der Waals surface area contributed by atoms with Gasteiger partial charge < -0.3 is 5.32 Å². The highest BCUT2D eigenvalue weighted by atomic mass is 19.4. The van der Waals surface area contributed by atoms with Gasteiger partial charge in [-0.3, -0.25) is 9.48 Å². The number of aromatic nitrogens is 2. The van der Waals surface area contributed by atoms with E-state index >= 15 is 0 Å². The minimum atomic E-state index is -4.37. The van der Waals surface area contributed by atoms with Crippen LogP contribution in [0.3, 0.4) is 0 Å². The van der Waals surface area contributed by atoms with Gasteiger partial charge in [-0.2, -0.15) is 18.3 Å². The van der Waals surface area contributed by atoms with E-state index in [1.54, 1.807) is 19.2 Å². The Bertz CT molecular complexity index is 911. The van der Waals surface area contributed by atoms with Crippen LogP contribution in [0.25, 0.3) is 11.3 Å². The van der Waals surface area contributed by atoms with Crippen LogP contribution in [0.5, 0.6) is 0 Å². The molecule has 1 aromatic carbocycles. The molecular formula is C20H21F4N3O. The first kappa shape index (κ1) is 19.0. The standard InChI is InChI=1S/C20H21F4N3O/c1-27-18(25-15(28)11-19(8-9-19)20(22,23)24)16(12-4-2-5-12)17(26-27)13-6-3-7-14(21)10-13/h3,6-7,10,12H,2,4-5,8-9,11H2,1H3,(H,25,28). The molecule has 8 heteroatoms. The number of rotatable bonds is 5. The summed E-state index contributed by atoms with van der Waals surface area (Å²) in [5.74, 6) is -0.495. The lowest BCUT2D eigenvalue weighted by molar-refractivity contribution is -0.189. The molecule has 2 fully saturated rings. The summed E-state index contributed by atoms with van der Waals surface area (Å²) in [6.45, 7) is 0. The van der Waals surface area contributed by atoms with E-state index in [1.807, 2.05) is 0 Å². The normalized spacial score (nSPS) is 18.6. The van der Waals surface area contributed by atoms with Crippen molar-refractivity contribution in [2.75, 3.05) is 5.32 Å². The summed E-state index contributed by atoms with van der Waals surface area (Å²) in [4.78, 5) is 12.4. The molecule has 28 heavy (non-hydrogen) atoms. The second-order valence-electron chi connectivity index (χ2n) is 7.88. The lowest BCUT2D eigenvalue weighted by atomic mass is 9.79. The maximum absolute atomic E-state index is 13.7. The SMILES string of the molecule is Cn1nc(-c2cccc(F)c2)c(C2CCC2)c1NC(=O)CC1(C(F)(F)F)CC1. The Balaban J connectivity index is 1.65. The topological polar surface area (TPSA) is 46.9 Å². The molecule has 0 radical (unpaired) electrons. The number of hydrogen-bond acceptors (Lipinski definition) is 2. The minimum absolute atomic E-state index is 0.0146.